The van der Waals surface area contributed by atoms with Crippen molar-refractivity contribution >= 4 is 29.4 Å². The highest BCUT2D eigenvalue weighted by Crippen LogP contribution is 2.33. The van der Waals surface area contributed by atoms with Gasteiger partial charge in [0.25, 0.3) is 11.8 Å². The monoisotopic (exact) mass is 371 g/mol. The maximum Gasteiger partial charge on any atom is 0.273 e. The fourth-order valence-electron chi connectivity index (χ4n) is 3.31. The van der Waals surface area contributed by atoms with Gasteiger partial charge in [-0.2, -0.15) is 0 Å². The topological polar surface area (TPSA) is 72.4 Å². The number of ether oxygens (including phenoxy) is 1. The minimum atomic E-state index is -0.177. The van der Waals surface area contributed by atoms with Crippen molar-refractivity contribution in [1.82, 2.24) is 9.29 Å². The molecule has 4 rings (SSSR count). The van der Waals surface area contributed by atoms with Crippen molar-refractivity contribution < 1.29 is 14.3 Å². The molecule has 1 aromatic carbocycles. The standard InChI is InChI=1S/C19H21N3O3S/c23-18(20-9-11-25-14-4-1-2-5-14)13-7-8-17-15(12-13)21-19(24)16-6-3-10-22(16)26-17/h3,6-8,10,12,14H,1-2,4-5,9,11H2,(H,20,23)(H,21,24). The molecule has 2 heterocycles. The average molecular weight is 371 g/mol. The van der Waals surface area contributed by atoms with E-state index in [0.717, 1.165) is 17.7 Å². The second kappa shape index (κ2) is 7.55. The van der Waals surface area contributed by atoms with Crippen LogP contribution < -0.4 is 10.6 Å². The van der Waals surface area contributed by atoms with E-state index in [2.05, 4.69) is 10.6 Å². The lowest BCUT2D eigenvalue weighted by Gasteiger charge is -2.12. The van der Waals surface area contributed by atoms with Crippen LogP contribution in [-0.2, 0) is 4.74 Å². The minimum absolute atomic E-state index is 0.161. The fourth-order valence-corrected chi connectivity index (χ4v) is 4.23. The molecule has 136 valence electrons. The second-order valence-corrected chi connectivity index (χ2v) is 7.52. The molecule has 7 heteroatoms. The smallest absolute Gasteiger partial charge is 0.273 e. The van der Waals surface area contributed by atoms with Crippen LogP contribution in [0.5, 0.6) is 0 Å². The van der Waals surface area contributed by atoms with Gasteiger partial charge in [0.05, 0.1) is 23.3 Å². The summed E-state index contributed by atoms with van der Waals surface area (Å²) in [6, 6.07) is 8.97. The first-order chi connectivity index (χ1) is 12.7. The van der Waals surface area contributed by atoms with Crippen LogP contribution in [0.25, 0.3) is 0 Å². The number of amides is 2. The number of fused-ring (bicyclic) bond motifs is 2. The molecule has 1 fully saturated rings. The summed E-state index contributed by atoms with van der Waals surface area (Å²) in [4.78, 5) is 25.6. The zero-order chi connectivity index (χ0) is 17.9. The minimum Gasteiger partial charge on any atom is -0.376 e. The molecule has 1 saturated carbocycles. The van der Waals surface area contributed by atoms with Crippen LogP contribution in [-0.4, -0.2) is 35.0 Å². The van der Waals surface area contributed by atoms with Crippen molar-refractivity contribution in [2.45, 2.75) is 36.7 Å². The number of benzene rings is 1. The molecule has 6 nitrogen and oxygen atoms in total. The molecule has 2 amide bonds. The summed E-state index contributed by atoms with van der Waals surface area (Å²) in [6.07, 6.45) is 6.92. The Morgan fingerprint density at radius 2 is 2.15 bits per heavy atom. The van der Waals surface area contributed by atoms with Gasteiger partial charge in [-0.15, -0.1) is 0 Å². The van der Waals surface area contributed by atoms with Gasteiger partial charge in [-0.3, -0.25) is 13.6 Å². The van der Waals surface area contributed by atoms with Crippen molar-refractivity contribution in [3.05, 3.63) is 47.8 Å². The normalized spacial score (nSPS) is 16.5. The highest BCUT2D eigenvalue weighted by Gasteiger charge is 2.20. The van der Waals surface area contributed by atoms with E-state index in [-0.39, 0.29) is 11.8 Å². The average Bonchev–Trinajstić information content (AvgIpc) is 3.29. The van der Waals surface area contributed by atoms with E-state index in [1.807, 2.05) is 22.3 Å². The summed E-state index contributed by atoms with van der Waals surface area (Å²) < 4.78 is 7.58. The molecule has 0 bridgehead atoms. The van der Waals surface area contributed by atoms with Gasteiger partial charge in [-0.25, -0.2) is 0 Å². The molecule has 0 spiro atoms. The van der Waals surface area contributed by atoms with Gasteiger partial charge in [0.1, 0.15) is 5.69 Å². The molecule has 1 aliphatic heterocycles. The summed E-state index contributed by atoms with van der Waals surface area (Å²) in [5.41, 5.74) is 1.76. The molecule has 2 aromatic rings. The molecule has 0 atom stereocenters. The number of nitrogens with zero attached hydrogens (tertiary/aromatic N) is 1. The Bertz CT molecular complexity index is 827. The van der Waals surface area contributed by atoms with Gasteiger partial charge >= 0.3 is 0 Å². The van der Waals surface area contributed by atoms with Gasteiger partial charge in [0, 0.05) is 18.3 Å². The third-order valence-corrected chi connectivity index (χ3v) is 5.74. The summed E-state index contributed by atoms with van der Waals surface area (Å²) in [5, 5.41) is 5.76. The van der Waals surface area contributed by atoms with E-state index in [9.17, 15) is 9.59 Å². The largest absolute Gasteiger partial charge is 0.376 e. The van der Waals surface area contributed by atoms with Crippen LogP contribution in [0.2, 0.25) is 0 Å². The first-order valence-electron chi connectivity index (χ1n) is 8.91. The zero-order valence-corrected chi connectivity index (χ0v) is 15.2. The molecule has 1 aromatic heterocycles. The number of anilines is 1. The molecule has 2 aliphatic rings. The summed E-state index contributed by atoms with van der Waals surface area (Å²) in [7, 11) is 0. The lowest BCUT2D eigenvalue weighted by Crippen LogP contribution is -2.28. The van der Waals surface area contributed by atoms with Crippen LogP contribution >= 0.6 is 11.9 Å². The first kappa shape index (κ1) is 17.2. The molecule has 0 radical (unpaired) electrons. The summed E-state index contributed by atoms with van der Waals surface area (Å²) in [5.74, 6) is -0.338. The Morgan fingerprint density at radius 1 is 1.31 bits per heavy atom. The predicted molar refractivity (Wildman–Crippen MR) is 101 cm³/mol. The quantitative estimate of drug-likeness (QED) is 0.791. The number of hydrogen-bond donors (Lipinski definition) is 2. The summed E-state index contributed by atoms with van der Waals surface area (Å²) >= 11 is 1.45. The SMILES string of the molecule is O=C(NCCOC1CCCC1)c1ccc2c(c1)NC(=O)c1cccn1S2. The first-order valence-corrected chi connectivity index (χ1v) is 9.69. The Balaban J connectivity index is 1.38. The van der Waals surface area contributed by atoms with E-state index in [4.69, 9.17) is 4.74 Å². The lowest BCUT2D eigenvalue weighted by molar-refractivity contribution is 0.0582. The number of nitrogens with one attached hydrogen (secondary N) is 2. The third-order valence-electron chi connectivity index (χ3n) is 4.68. The van der Waals surface area contributed by atoms with Gasteiger partial charge in [-0.1, -0.05) is 12.8 Å². The van der Waals surface area contributed by atoms with E-state index in [1.165, 1.54) is 24.8 Å². The highest BCUT2D eigenvalue weighted by atomic mass is 32.2. The molecular weight excluding hydrogens is 350 g/mol. The number of carbonyl (C=O) groups excluding carboxylic acids is 2. The zero-order valence-electron chi connectivity index (χ0n) is 14.4. The van der Waals surface area contributed by atoms with Crippen LogP contribution in [0.1, 0.15) is 46.5 Å². The Labute approximate surface area is 156 Å². The van der Waals surface area contributed by atoms with E-state index in [0.29, 0.717) is 36.2 Å². The van der Waals surface area contributed by atoms with Gasteiger partial charge in [0.15, 0.2) is 0 Å². The number of aromatic nitrogens is 1. The molecular formula is C19H21N3O3S. The van der Waals surface area contributed by atoms with Crippen LogP contribution in [0.15, 0.2) is 41.4 Å². The Hall–Kier alpha value is -2.25. The predicted octanol–water partition coefficient (Wildman–Crippen LogP) is 3.30. The molecule has 0 saturated heterocycles. The van der Waals surface area contributed by atoms with Crippen molar-refractivity contribution in [3.8, 4) is 0 Å². The van der Waals surface area contributed by atoms with E-state index < -0.39 is 0 Å². The molecule has 1 aliphatic carbocycles. The van der Waals surface area contributed by atoms with Crippen LogP contribution in [0.4, 0.5) is 5.69 Å². The fraction of sp³-hybridized carbons (Fsp3) is 0.368. The van der Waals surface area contributed by atoms with Gasteiger partial charge in [0.2, 0.25) is 0 Å². The van der Waals surface area contributed by atoms with E-state index >= 15 is 0 Å². The van der Waals surface area contributed by atoms with Crippen LogP contribution in [0.3, 0.4) is 0 Å². The Kier molecular flexibility index (Phi) is 4.99. The molecule has 0 unspecified atom stereocenters. The van der Waals surface area contributed by atoms with Crippen LogP contribution in [0, 0.1) is 0 Å². The highest BCUT2D eigenvalue weighted by molar-refractivity contribution is 7.98. The maximum atomic E-state index is 12.4. The van der Waals surface area contributed by atoms with Crippen molar-refractivity contribution in [3.63, 3.8) is 0 Å². The van der Waals surface area contributed by atoms with Crippen molar-refractivity contribution in [1.29, 1.82) is 0 Å². The lowest BCUT2D eigenvalue weighted by atomic mass is 10.2. The summed E-state index contributed by atoms with van der Waals surface area (Å²) in [6.45, 7) is 1.02. The number of carbonyl (C=O) groups is 2. The van der Waals surface area contributed by atoms with Gasteiger partial charge < -0.3 is 15.4 Å². The third kappa shape index (κ3) is 3.64. The van der Waals surface area contributed by atoms with Gasteiger partial charge in [-0.05, 0) is 55.1 Å². The Morgan fingerprint density at radius 3 is 3.00 bits per heavy atom. The maximum absolute atomic E-state index is 12.4. The molecule has 2 N–H and O–H groups in total. The van der Waals surface area contributed by atoms with Crippen molar-refractivity contribution in [2.24, 2.45) is 0 Å². The van der Waals surface area contributed by atoms with E-state index in [1.54, 1.807) is 18.2 Å². The number of hydrogen-bond acceptors (Lipinski definition) is 4. The van der Waals surface area contributed by atoms with Crippen molar-refractivity contribution in [2.75, 3.05) is 18.5 Å². The second-order valence-electron chi connectivity index (χ2n) is 6.51. The number of rotatable bonds is 5. The molecule has 26 heavy (non-hydrogen) atoms.